The fourth-order valence-corrected chi connectivity index (χ4v) is 2.71. The first-order valence-corrected chi connectivity index (χ1v) is 7.02. The molecule has 0 radical (unpaired) electrons. The Bertz CT molecular complexity index is 614. The van der Waals surface area contributed by atoms with Crippen LogP contribution in [0.15, 0.2) is 29.0 Å². The summed E-state index contributed by atoms with van der Waals surface area (Å²) >= 11 is 1.61. The quantitative estimate of drug-likeness (QED) is 0.740. The molecule has 0 aliphatic carbocycles. The van der Waals surface area contributed by atoms with Gasteiger partial charge in [0.25, 0.3) is 0 Å². The second kappa shape index (κ2) is 5.92. The summed E-state index contributed by atoms with van der Waals surface area (Å²) in [5.74, 6) is -1.97. The van der Waals surface area contributed by atoms with Crippen molar-refractivity contribution in [2.75, 3.05) is 11.1 Å². The topological polar surface area (TPSA) is 75.3 Å². The van der Waals surface area contributed by atoms with Crippen LogP contribution in [0.1, 0.15) is 22.8 Å². The van der Waals surface area contributed by atoms with Crippen molar-refractivity contribution in [1.29, 1.82) is 0 Å². The molecule has 106 valence electrons. The highest BCUT2D eigenvalue weighted by Gasteiger charge is 2.18. The number of hydrogen-bond donors (Lipinski definition) is 3. The summed E-state index contributed by atoms with van der Waals surface area (Å²) in [5, 5.41) is 16.3. The van der Waals surface area contributed by atoms with Crippen LogP contribution >= 0.6 is 11.3 Å². The van der Waals surface area contributed by atoms with E-state index >= 15 is 0 Å². The second-order valence-electron chi connectivity index (χ2n) is 4.57. The van der Waals surface area contributed by atoms with Gasteiger partial charge in [0.05, 0.1) is 11.4 Å². The maximum atomic E-state index is 13.3. The maximum Gasteiger partial charge on any atom is 0.340 e. The third kappa shape index (κ3) is 3.08. The summed E-state index contributed by atoms with van der Waals surface area (Å²) < 4.78 is 13.3. The Balaban J connectivity index is 2.20. The van der Waals surface area contributed by atoms with Crippen LogP contribution in [-0.2, 0) is 6.42 Å². The minimum absolute atomic E-state index is 0.00700. The highest BCUT2D eigenvalue weighted by molar-refractivity contribution is 7.07. The molecule has 1 aromatic carbocycles. The Labute approximate surface area is 120 Å². The monoisotopic (exact) mass is 294 g/mol. The van der Waals surface area contributed by atoms with E-state index in [9.17, 15) is 9.18 Å². The van der Waals surface area contributed by atoms with Crippen molar-refractivity contribution in [1.82, 2.24) is 0 Å². The number of rotatable bonds is 5. The number of nitrogens with two attached hydrogens (primary N) is 1. The number of anilines is 2. The third-order valence-electron chi connectivity index (χ3n) is 2.93. The number of thiophene rings is 1. The van der Waals surface area contributed by atoms with Gasteiger partial charge in [-0.25, -0.2) is 9.18 Å². The van der Waals surface area contributed by atoms with Crippen LogP contribution < -0.4 is 11.1 Å². The Kier molecular flexibility index (Phi) is 4.24. The van der Waals surface area contributed by atoms with Gasteiger partial charge in [-0.2, -0.15) is 11.3 Å². The molecule has 0 saturated carbocycles. The Morgan fingerprint density at radius 3 is 2.85 bits per heavy atom. The van der Waals surface area contributed by atoms with Gasteiger partial charge in [0.15, 0.2) is 0 Å². The number of carboxylic acid groups (broad SMARTS) is 1. The number of halogens is 1. The van der Waals surface area contributed by atoms with Gasteiger partial charge < -0.3 is 16.2 Å². The van der Waals surface area contributed by atoms with E-state index in [0.29, 0.717) is 5.69 Å². The van der Waals surface area contributed by atoms with Gasteiger partial charge in [0, 0.05) is 6.04 Å². The van der Waals surface area contributed by atoms with Gasteiger partial charge in [-0.05, 0) is 47.9 Å². The molecule has 2 rings (SSSR count). The van der Waals surface area contributed by atoms with Crippen molar-refractivity contribution in [2.45, 2.75) is 19.4 Å². The minimum atomic E-state index is -1.24. The summed E-state index contributed by atoms with van der Waals surface area (Å²) in [6.07, 6.45) is 0.750. The van der Waals surface area contributed by atoms with Crippen LogP contribution in [0.2, 0.25) is 0 Å². The molecule has 0 aliphatic rings. The number of carbonyl (C=O) groups is 1. The highest BCUT2D eigenvalue weighted by atomic mass is 32.1. The van der Waals surface area contributed by atoms with Crippen molar-refractivity contribution in [3.8, 4) is 0 Å². The van der Waals surface area contributed by atoms with Gasteiger partial charge >= 0.3 is 5.97 Å². The second-order valence-corrected chi connectivity index (χ2v) is 5.35. The van der Waals surface area contributed by atoms with Crippen molar-refractivity contribution in [3.63, 3.8) is 0 Å². The number of nitrogens with one attached hydrogen (secondary N) is 1. The van der Waals surface area contributed by atoms with Crippen LogP contribution in [0.4, 0.5) is 15.8 Å². The predicted octanol–water partition coefficient (Wildman–Crippen LogP) is 3.21. The van der Waals surface area contributed by atoms with Crippen LogP contribution in [0.3, 0.4) is 0 Å². The van der Waals surface area contributed by atoms with E-state index in [4.69, 9.17) is 10.8 Å². The molecule has 1 aromatic heterocycles. The molecule has 20 heavy (non-hydrogen) atoms. The molecule has 0 fully saturated rings. The number of hydrogen-bond acceptors (Lipinski definition) is 4. The zero-order chi connectivity index (χ0) is 14.7. The van der Waals surface area contributed by atoms with Crippen molar-refractivity contribution >= 4 is 28.7 Å². The molecule has 2 aromatic rings. The van der Waals surface area contributed by atoms with Gasteiger partial charge in [0.2, 0.25) is 0 Å². The first-order chi connectivity index (χ1) is 9.49. The summed E-state index contributed by atoms with van der Waals surface area (Å²) in [4.78, 5) is 11.2. The highest BCUT2D eigenvalue weighted by Crippen LogP contribution is 2.26. The van der Waals surface area contributed by atoms with Gasteiger partial charge in [-0.15, -0.1) is 0 Å². The van der Waals surface area contributed by atoms with E-state index in [0.717, 1.165) is 6.42 Å². The number of nitrogen functional groups attached to an aromatic ring is 1. The Morgan fingerprint density at radius 1 is 1.50 bits per heavy atom. The van der Waals surface area contributed by atoms with Crippen LogP contribution in [0.25, 0.3) is 0 Å². The SMILES string of the molecule is CC(Cc1ccsc1)Nc1ccc(F)c(N)c1C(=O)O. The van der Waals surface area contributed by atoms with E-state index in [-0.39, 0.29) is 17.3 Å². The molecular weight excluding hydrogens is 279 g/mol. The summed E-state index contributed by atoms with van der Waals surface area (Å²) in [5.41, 5.74) is 6.44. The maximum absolute atomic E-state index is 13.3. The number of carboxylic acids is 1. The first kappa shape index (κ1) is 14.3. The largest absolute Gasteiger partial charge is 0.478 e. The van der Waals surface area contributed by atoms with E-state index in [1.165, 1.54) is 17.7 Å². The van der Waals surface area contributed by atoms with Crippen LogP contribution in [0, 0.1) is 5.82 Å². The first-order valence-electron chi connectivity index (χ1n) is 6.08. The molecule has 0 aliphatic heterocycles. The lowest BCUT2D eigenvalue weighted by Crippen LogP contribution is -2.20. The molecule has 1 atom stereocenters. The molecule has 6 heteroatoms. The molecule has 0 saturated heterocycles. The molecule has 0 spiro atoms. The fraction of sp³-hybridized carbons (Fsp3) is 0.214. The van der Waals surface area contributed by atoms with E-state index in [2.05, 4.69) is 5.32 Å². The van der Waals surface area contributed by atoms with E-state index < -0.39 is 11.8 Å². The predicted molar refractivity (Wildman–Crippen MR) is 78.9 cm³/mol. The molecule has 1 heterocycles. The average Bonchev–Trinajstić information content (AvgIpc) is 2.86. The van der Waals surface area contributed by atoms with Gasteiger partial charge in [0.1, 0.15) is 11.4 Å². The zero-order valence-corrected chi connectivity index (χ0v) is 11.7. The average molecular weight is 294 g/mol. The minimum Gasteiger partial charge on any atom is -0.478 e. The summed E-state index contributed by atoms with van der Waals surface area (Å²) in [6.45, 7) is 1.93. The summed E-state index contributed by atoms with van der Waals surface area (Å²) in [7, 11) is 0. The molecule has 4 nitrogen and oxygen atoms in total. The Hall–Kier alpha value is -2.08. The van der Waals surface area contributed by atoms with Gasteiger partial charge in [-0.3, -0.25) is 0 Å². The van der Waals surface area contributed by atoms with Crippen LogP contribution in [0.5, 0.6) is 0 Å². The molecular formula is C14H15FN2O2S. The third-order valence-corrected chi connectivity index (χ3v) is 3.66. The standard InChI is InChI=1S/C14H15FN2O2S/c1-8(6-9-4-5-20-7-9)17-11-3-2-10(15)13(16)12(11)14(18)19/h2-5,7-8,17H,6,16H2,1H3,(H,18,19). The van der Waals surface area contributed by atoms with E-state index in [1.54, 1.807) is 11.3 Å². The number of aromatic carboxylic acids is 1. The lowest BCUT2D eigenvalue weighted by molar-refractivity contribution is 0.0698. The molecule has 0 bridgehead atoms. The summed E-state index contributed by atoms with van der Waals surface area (Å²) in [6, 6.07) is 4.59. The van der Waals surface area contributed by atoms with Crippen molar-refractivity contribution in [3.05, 3.63) is 45.9 Å². The number of benzene rings is 1. The molecule has 4 N–H and O–H groups in total. The zero-order valence-electron chi connectivity index (χ0n) is 10.9. The normalized spacial score (nSPS) is 12.1. The van der Waals surface area contributed by atoms with Gasteiger partial charge in [-0.1, -0.05) is 0 Å². The molecule has 0 amide bonds. The van der Waals surface area contributed by atoms with Crippen molar-refractivity contribution < 1.29 is 14.3 Å². The van der Waals surface area contributed by atoms with Crippen LogP contribution in [-0.4, -0.2) is 17.1 Å². The molecule has 1 unspecified atom stereocenters. The van der Waals surface area contributed by atoms with Crippen molar-refractivity contribution in [2.24, 2.45) is 0 Å². The Morgan fingerprint density at radius 2 is 2.25 bits per heavy atom. The lowest BCUT2D eigenvalue weighted by atomic mass is 10.1. The van der Waals surface area contributed by atoms with E-state index in [1.807, 2.05) is 23.8 Å². The smallest absolute Gasteiger partial charge is 0.340 e. The fourth-order valence-electron chi connectivity index (χ4n) is 2.02. The lowest BCUT2D eigenvalue weighted by Gasteiger charge is -2.17.